The van der Waals surface area contributed by atoms with Crippen molar-refractivity contribution in [1.29, 1.82) is 0 Å². The zero-order valence-electron chi connectivity index (χ0n) is 13.2. The van der Waals surface area contributed by atoms with Crippen molar-refractivity contribution in [2.24, 2.45) is 5.10 Å². The molecule has 0 saturated heterocycles. The van der Waals surface area contributed by atoms with E-state index in [1.165, 1.54) is 6.07 Å². The van der Waals surface area contributed by atoms with Gasteiger partial charge in [0, 0.05) is 5.56 Å². The summed E-state index contributed by atoms with van der Waals surface area (Å²) in [4.78, 5) is 0. The van der Waals surface area contributed by atoms with Crippen LogP contribution in [-0.4, -0.2) is 24.4 Å². The minimum atomic E-state index is -6.53. The second-order valence-electron chi connectivity index (χ2n) is 5.30. The molecule has 0 aliphatic rings. The summed E-state index contributed by atoms with van der Waals surface area (Å²) in [6.45, 7) is 0. The summed E-state index contributed by atoms with van der Waals surface area (Å²) >= 11 is 0. The van der Waals surface area contributed by atoms with Crippen LogP contribution in [0.4, 0.5) is 43.9 Å². The molecule has 0 bridgehead atoms. The maximum atomic E-state index is 13.0. The van der Waals surface area contributed by atoms with Gasteiger partial charge in [0.2, 0.25) is 0 Å². The van der Waals surface area contributed by atoms with E-state index < -0.39 is 35.6 Å². The van der Waals surface area contributed by atoms with Crippen LogP contribution in [0.25, 0.3) is 11.3 Å². The molecule has 0 atom stereocenters. The first kappa shape index (κ1) is 21.6. The van der Waals surface area contributed by atoms with E-state index in [1.807, 2.05) is 0 Å². The Labute approximate surface area is 149 Å². The number of hydrazone groups is 1. The smallest absolute Gasteiger partial charge is 0.455 e. The number of halogens is 10. The predicted octanol–water partition coefficient (Wildman–Crippen LogP) is 5.68. The Bertz CT molecular complexity index is 851. The normalized spacial score (nSPS) is 13.9. The summed E-state index contributed by atoms with van der Waals surface area (Å²) in [7, 11) is 0. The average molecular weight is 422 g/mol. The third-order valence-corrected chi connectivity index (χ3v) is 3.25. The molecule has 13 heteroatoms. The lowest BCUT2D eigenvalue weighted by Gasteiger charge is -2.27. The summed E-state index contributed by atoms with van der Waals surface area (Å²) in [5.41, 5.74) is -0.649. The van der Waals surface area contributed by atoms with Crippen molar-refractivity contribution in [2.45, 2.75) is 24.3 Å². The fourth-order valence-corrected chi connectivity index (χ4v) is 1.85. The average Bonchev–Trinajstić information content (AvgIpc) is 3.01. The fourth-order valence-electron chi connectivity index (χ4n) is 1.85. The number of benzene rings is 1. The van der Waals surface area contributed by atoms with Crippen LogP contribution in [0.1, 0.15) is 11.3 Å². The lowest BCUT2D eigenvalue weighted by atomic mass is 10.1. The van der Waals surface area contributed by atoms with Gasteiger partial charge in [-0.1, -0.05) is 12.1 Å². The fraction of sp³-hybridized carbons (Fsp3) is 0.267. The second-order valence-corrected chi connectivity index (χ2v) is 5.30. The van der Waals surface area contributed by atoms with Crippen molar-refractivity contribution >= 4 is 6.21 Å². The predicted molar refractivity (Wildman–Crippen MR) is 75.8 cm³/mol. The number of nitrogens with zero attached hydrogens (tertiary/aromatic N) is 1. The summed E-state index contributed by atoms with van der Waals surface area (Å²) in [6.07, 6.45) is -10.8. The molecule has 0 unspecified atom stereocenters. The van der Waals surface area contributed by atoms with Crippen molar-refractivity contribution in [3.63, 3.8) is 0 Å². The van der Waals surface area contributed by atoms with Crippen molar-refractivity contribution in [3.05, 3.63) is 47.7 Å². The van der Waals surface area contributed by atoms with E-state index in [0.29, 0.717) is 11.6 Å². The van der Waals surface area contributed by atoms with Gasteiger partial charge in [0.25, 0.3) is 0 Å². The van der Waals surface area contributed by atoms with Gasteiger partial charge >= 0.3 is 24.3 Å². The Balaban J connectivity index is 2.15. The van der Waals surface area contributed by atoms with E-state index in [-0.39, 0.29) is 11.3 Å². The van der Waals surface area contributed by atoms with Gasteiger partial charge in [0.1, 0.15) is 11.5 Å². The quantitative estimate of drug-likeness (QED) is 0.292. The number of alkyl halides is 10. The van der Waals surface area contributed by atoms with Gasteiger partial charge in [0.05, 0.1) is 11.8 Å². The standard InChI is InChI=1S/C15H8F10N2O/c16-12(17,18)9-3-1-2-8(6-9)11-5-4-10(28-11)7-26-27-15(24,25)13(19,20)14(21,22)23/h1-7,27H/b26-7-. The highest BCUT2D eigenvalue weighted by Gasteiger charge is 2.73. The Morgan fingerprint density at radius 2 is 1.50 bits per heavy atom. The molecular weight excluding hydrogens is 414 g/mol. The molecule has 0 fully saturated rings. The summed E-state index contributed by atoms with van der Waals surface area (Å²) in [6, 6.07) is 0.247. The maximum absolute atomic E-state index is 13.0. The van der Waals surface area contributed by atoms with Crippen LogP contribution in [0.15, 0.2) is 45.9 Å². The van der Waals surface area contributed by atoms with Gasteiger partial charge in [-0.05, 0) is 24.3 Å². The molecule has 1 aromatic heterocycles. The van der Waals surface area contributed by atoms with E-state index in [2.05, 4.69) is 5.10 Å². The summed E-state index contributed by atoms with van der Waals surface area (Å²) < 4.78 is 130. The third-order valence-electron chi connectivity index (χ3n) is 3.25. The first-order valence-corrected chi connectivity index (χ1v) is 7.05. The number of furan rings is 1. The zero-order valence-corrected chi connectivity index (χ0v) is 13.2. The first-order valence-electron chi connectivity index (χ1n) is 7.05. The Morgan fingerprint density at radius 1 is 0.857 bits per heavy atom. The highest BCUT2D eigenvalue weighted by molar-refractivity contribution is 5.77. The van der Waals surface area contributed by atoms with Gasteiger partial charge < -0.3 is 4.42 Å². The Morgan fingerprint density at radius 3 is 2.07 bits per heavy atom. The molecule has 154 valence electrons. The second kappa shape index (κ2) is 7.02. The summed E-state index contributed by atoms with van der Waals surface area (Å²) in [5.74, 6) is -6.95. The molecule has 28 heavy (non-hydrogen) atoms. The topological polar surface area (TPSA) is 37.5 Å². The van der Waals surface area contributed by atoms with Crippen LogP contribution >= 0.6 is 0 Å². The molecule has 3 nitrogen and oxygen atoms in total. The van der Waals surface area contributed by atoms with Crippen molar-refractivity contribution in [1.82, 2.24) is 5.43 Å². The van der Waals surface area contributed by atoms with Gasteiger partial charge in [-0.3, -0.25) is 0 Å². The molecule has 2 rings (SSSR count). The van der Waals surface area contributed by atoms with Crippen LogP contribution in [0.5, 0.6) is 0 Å². The third kappa shape index (κ3) is 4.39. The lowest BCUT2D eigenvalue weighted by Crippen LogP contribution is -2.58. The molecule has 0 amide bonds. The summed E-state index contributed by atoms with van der Waals surface area (Å²) in [5, 5.41) is 2.58. The lowest BCUT2D eigenvalue weighted by molar-refractivity contribution is -0.361. The van der Waals surface area contributed by atoms with Crippen LogP contribution in [-0.2, 0) is 6.18 Å². The van der Waals surface area contributed by atoms with Gasteiger partial charge in [-0.25, -0.2) is 5.43 Å². The van der Waals surface area contributed by atoms with Crippen molar-refractivity contribution < 1.29 is 48.3 Å². The molecule has 1 aromatic carbocycles. The SMILES string of the molecule is FC(F)(F)c1cccc(-c2ccc(/C=N\NC(F)(F)C(F)(F)C(F)(F)F)o2)c1. The van der Waals surface area contributed by atoms with E-state index in [1.54, 1.807) is 0 Å². The molecule has 1 heterocycles. The zero-order chi connectivity index (χ0) is 21.4. The van der Waals surface area contributed by atoms with Gasteiger partial charge in [0.15, 0.2) is 0 Å². The van der Waals surface area contributed by atoms with Gasteiger partial charge in [-0.2, -0.15) is 49.0 Å². The molecule has 0 aliphatic heterocycles. The number of hydrogen-bond donors (Lipinski definition) is 1. The minimum Gasteiger partial charge on any atom is -0.455 e. The maximum Gasteiger partial charge on any atom is 0.462 e. The van der Waals surface area contributed by atoms with E-state index >= 15 is 0 Å². The largest absolute Gasteiger partial charge is 0.462 e. The van der Waals surface area contributed by atoms with E-state index in [9.17, 15) is 43.9 Å². The molecule has 1 N–H and O–H groups in total. The molecule has 0 saturated carbocycles. The molecule has 0 radical (unpaired) electrons. The van der Waals surface area contributed by atoms with Crippen LogP contribution in [0.2, 0.25) is 0 Å². The molecule has 0 aliphatic carbocycles. The highest BCUT2D eigenvalue weighted by Crippen LogP contribution is 2.45. The first-order chi connectivity index (χ1) is 12.6. The molecule has 2 aromatic rings. The van der Waals surface area contributed by atoms with Crippen molar-refractivity contribution in [3.8, 4) is 11.3 Å². The number of nitrogens with one attached hydrogen (secondary N) is 1. The Hall–Kier alpha value is -2.73. The van der Waals surface area contributed by atoms with Gasteiger partial charge in [-0.15, -0.1) is 0 Å². The van der Waals surface area contributed by atoms with Crippen LogP contribution in [0, 0.1) is 0 Å². The van der Waals surface area contributed by atoms with Crippen LogP contribution in [0.3, 0.4) is 0 Å². The van der Waals surface area contributed by atoms with E-state index in [4.69, 9.17) is 4.42 Å². The van der Waals surface area contributed by atoms with Crippen molar-refractivity contribution in [2.75, 3.05) is 0 Å². The number of hydrogen-bond acceptors (Lipinski definition) is 3. The Kier molecular flexibility index (Phi) is 5.41. The molecule has 0 spiro atoms. The monoisotopic (exact) mass is 422 g/mol. The minimum absolute atomic E-state index is 0.0450. The highest BCUT2D eigenvalue weighted by atomic mass is 19.4. The van der Waals surface area contributed by atoms with Crippen LogP contribution < -0.4 is 5.43 Å². The van der Waals surface area contributed by atoms with E-state index in [0.717, 1.165) is 30.3 Å². The number of rotatable bonds is 5. The molecular formula is C15H8F10N2O.